The molecule has 0 aliphatic carbocycles. The summed E-state index contributed by atoms with van der Waals surface area (Å²) in [5.74, 6) is -0.883. The predicted octanol–water partition coefficient (Wildman–Crippen LogP) is 2.35. The van der Waals surface area contributed by atoms with E-state index in [-0.39, 0.29) is 6.54 Å². The number of nitrogens with one attached hydrogen (secondary N) is 1. The molecule has 7 heteroatoms. The average molecular weight is 301 g/mol. The molecule has 2 rings (SSSR count). The first-order valence-electron chi connectivity index (χ1n) is 5.34. The molecule has 0 aliphatic heterocycles. The molecule has 1 N–H and O–H groups in total. The molecule has 0 aliphatic rings. The summed E-state index contributed by atoms with van der Waals surface area (Å²) in [7, 11) is -3.97. The molecule has 2 aromatic rings. The van der Waals surface area contributed by atoms with Crippen molar-refractivity contribution in [1.82, 2.24) is 9.71 Å². The highest BCUT2D eigenvalue weighted by Gasteiger charge is 2.19. The van der Waals surface area contributed by atoms with Crippen molar-refractivity contribution < 1.29 is 12.8 Å². The smallest absolute Gasteiger partial charge is 0.241 e. The van der Waals surface area contributed by atoms with Crippen LogP contribution in [0, 0.1) is 5.82 Å². The fourth-order valence-corrected chi connectivity index (χ4v) is 2.56. The van der Waals surface area contributed by atoms with Gasteiger partial charge in [-0.15, -0.1) is 0 Å². The Morgan fingerprint density at radius 1 is 1.21 bits per heavy atom. The van der Waals surface area contributed by atoms with Gasteiger partial charge in [0.1, 0.15) is 0 Å². The Morgan fingerprint density at radius 2 is 1.89 bits per heavy atom. The van der Waals surface area contributed by atoms with Gasteiger partial charge in [0.15, 0.2) is 5.82 Å². The topological polar surface area (TPSA) is 59.1 Å². The zero-order valence-corrected chi connectivity index (χ0v) is 11.2. The second-order valence-electron chi connectivity index (χ2n) is 3.74. The summed E-state index contributed by atoms with van der Waals surface area (Å²) in [5, 5.41) is -0.0497. The van der Waals surface area contributed by atoms with E-state index in [1.165, 1.54) is 12.3 Å². The van der Waals surface area contributed by atoms with Crippen LogP contribution in [0.5, 0.6) is 0 Å². The summed E-state index contributed by atoms with van der Waals surface area (Å²) in [6.45, 7) is 0.0372. The molecular formula is C12H10ClFN2O2S. The van der Waals surface area contributed by atoms with E-state index < -0.39 is 20.9 Å². The lowest BCUT2D eigenvalue weighted by Crippen LogP contribution is -2.25. The van der Waals surface area contributed by atoms with Gasteiger partial charge in [0.25, 0.3) is 10.0 Å². The second-order valence-corrected chi connectivity index (χ2v) is 5.86. The Morgan fingerprint density at radius 3 is 2.53 bits per heavy atom. The first-order valence-corrected chi connectivity index (χ1v) is 7.20. The van der Waals surface area contributed by atoms with Crippen molar-refractivity contribution in [2.45, 2.75) is 11.6 Å². The first kappa shape index (κ1) is 13.9. The third-order valence-corrected chi connectivity index (χ3v) is 3.94. The van der Waals surface area contributed by atoms with E-state index in [1.54, 1.807) is 24.3 Å². The standard InChI is InChI=1S/C12H10ClFN2O2S/c13-10-5-3-9(4-6-10)8-16-19(17,18)12-11(14)2-1-7-15-12/h1-7,16H,8H2. The molecule has 0 atom stereocenters. The van der Waals surface area contributed by atoms with Gasteiger partial charge in [0.05, 0.1) is 0 Å². The number of aromatic nitrogens is 1. The van der Waals surface area contributed by atoms with Gasteiger partial charge in [-0.05, 0) is 29.8 Å². The third kappa shape index (κ3) is 3.50. The maximum absolute atomic E-state index is 13.4. The maximum atomic E-state index is 13.4. The lowest BCUT2D eigenvalue weighted by atomic mass is 10.2. The van der Waals surface area contributed by atoms with Gasteiger partial charge >= 0.3 is 0 Å². The Labute approximate surface area is 115 Å². The molecule has 0 bridgehead atoms. The van der Waals surface area contributed by atoms with Crippen molar-refractivity contribution in [3.05, 3.63) is 59.0 Å². The number of hydrogen-bond donors (Lipinski definition) is 1. The minimum Gasteiger partial charge on any atom is -0.241 e. The minimum absolute atomic E-state index is 0.0372. The number of pyridine rings is 1. The van der Waals surface area contributed by atoms with E-state index in [4.69, 9.17) is 11.6 Å². The average Bonchev–Trinajstić information content (AvgIpc) is 2.38. The van der Waals surface area contributed by atoms with Gasteiger partial charge in [-0.25, -0.2) is 22.5 Å². The van der Waals surface area contributed by atoms with Gasteiger partial charge in [-0.2, -0.15) is 0 Å². The van der Waals surface area contributed by atoms with E-state index in [0.717, 1.165) is 6.07 Å². The van der Waals surface area contributed by atoms with Crippen molar-refractivity contribution in [3.8, 4) is 0 Å². The van der Waals surface area contributed by atoms with Crippen LogP contribution in [-0.2, 0) is 16.6 Å². The van der Waals surface area contributed by atoms with Gasteiger partial charge in [-0.3, -0.25) is 0 Å². The van der Waals surface area contributed by atoms with Gasteiger partial charge < -0.3 is 0 Å². The van der Waals surface area contributed by atoms with Crippen molar-refractivity contribution >= 4 is 21.6 Å². The van der Waals surface area contributed by atoms with E-state index in [1.807, 2.05) is 0 Å². The molecule has 1 aromatic carbocycles. The van der Waals surface area contributed by atoms with Crippen LogP contribution < -0.4 is 4.72 Å². The van der Waals surface area contributed by atoms with E-state index >= 15 is 0 Å². The number of sulfonamides is 1. The molecular weight excluding hydrogens is 291 g/mol. The van der Waals surface area contributed by atoms with Gasteiger partial charge in [-0.1, -0.05) is 23.7 Å². The molecule has 0 saturated carbocycles. The molecule has 1 heterocycles. The molecule has 4 nitrogen and oxygen atoms in total. The molecule has 0 radical (unpaired) electrons. The Balaban J connectivity index is 2.14. The third-order valence-electron chi connectivity index (χ3n) is 2.36. The summed E-state index contributed by atoms with van der Waals surface area (Å²) in [6, 6.07) is 9.02. The Bertz CT molecular complexity index is 674. The lowest BCUT2D eigenvalue weighted by Gasteiger charge is -2.06. The van der Waals surface area contributed by atoms with E-state index in [2.05, 4.69) is 9.71 Å². The molecule has 0 unspecified atom stereocenters. The fraction of sp³-hybridized carbons (Fsp3) is 0.0833. The molecule has 1 aromatic heterocycles. The van der Waals surface area contributed by atoms with Crippen LogP contribution in [0.4, 0.5) is 4.39 Å². The summed E-state index contributed by atoms with van der Waals surface area (Å²) < 4.78 is 39.4. The molecule has 0 spiro atoms. The molecule has 100 valence electrons. The van der Waals surface area contributed by atoms with Crippen molar-refractivity contribution in [1.29, 1.82) is 0 Å². The van der Waals surface area contributed by atoms with E-state index in [0.29, 0.717) is 10.6 Å². The van der Waals surface area contributed by atoms with Crippen molar-refractivity contribution in [2.24, 2.45) is 0 Å². The quantitative estimate of drug-likeness (QED) is 0.943. The molecule has 0 amide bonds. The van der Waals surface area contributed by atoms with Crippen LogP contribution in [0.25, 0.3) is 0 Å². The highest BCUT2D eigenvalue weighted by Crippen LogP contribution is 2.12. The Kier molecular flexibility index (Phi) is 4.14. The van der Waals surface area contributed by atoms with Crippen LogP contribution >= 0.6 is 11.6 Å². The van der Waals surface area contributed by atoms with Gasteiger partial charge in [0, 0.05) is 17.8 Å². The SMILES string of the molecule is O=S(=O)(NCc1ccc(Cl)cc1)c1ncccc1F. The van der Waals surface area contributed by atoms with Crippen LogP contribution in [0.3, 0.4) is 0 Å². The minimum atomic E-state index is -3.97. The zero-order valence-electron chi connectivity index (χ0n) is 9.68. The number of benzene rings is 1. The monoisotopic (exact) mass is 300 g/mol. The molecule has 0 saturated heterocycles. The highest BCUT2D eigenvalue weighted by atomic mass is 35.5. The summed E-state index contributed by atoms with van der Waals surface area (Å²) in [6.07, 6.45) is 1.22. The van der Waals surface area contributed by atoms with Crippen LogP contribution in [0.15, 0.2) is 47.6 Å². The summed E-state index contributed by atoms with van der Waals surface area (Å²) in [4.78, 5) is 3.53. The summed E-state index contributed by atoms with van der Waals surface area (Å²) >= 11 is 5.72. The normalized spacial score (nSPS) is 11.5. The fourth-order valence-electron chi connectivity index (χ4n) is 1.42. The number of rotatable bonds is 4. The number of hydrogen-bond acceptors (Lipinski definition) is 3. The molecule has 19 heavy (non-hydrogen) atoms. The lowest BCUT2D eigenvalue weighted by molar-refractivity contribution is 0.544. The van der Waals surface area contributed by atoms with Gasteiger partial charge in [0.2, 0.25) is 5.03 Å². The summed E-state index contributed by atoms with van der Waals surface area (Å²) in [5.41, 5.74) is 0.712. The first-order chi connectivity index (χ1) is 8.99. The largest absolute Gasteiger partial charge is 0.261 e. The van der Waals surface area contributed by atoms with Crippen molar-refractivity contribution in [2.75, 3.05) is 0 Å². The van der Waals surface area contributed by atoms with E-state index in [9.17, 15) is 12.8 Å². The maximum Gasteiger partial charge on any atom is 0.261 e. The molecule has 0 fully saturated rings. The highest BCUT2D eigenvalue weighted by molar-refractivity contribution is 7.89. The van der Waals surface area contributed by atoms with Crippen LogP contribution in [0.2, 0.25) is 5.02 Å². The van der Waals surface area contributed by atoms with Crippen LogP contribution in [-0.4, -0.2) is 13.4 Å². The number of nitrogens with zero attached hydrogens (tertiary/aromatic N) is 1. The van der Waals surface area contributed by atoms with Crippen molar-refractivity contribution in [3.63, 3.8) is 0 Å². The predicted molar refractivity (Wildman–Crippen MR) is 69.7 cm³/mol. The Hall–Kier alpha value is -1.50. The number of halogens is 2. The van der Waals surface area contributed by atoms with Crippen LogP contribution in [0.1, 0.15) is 5.56 Å². The second kappa shape index (κ2) is 5.64. The zero-order chi connectivity index (χ0) is 13.9.